The molecule has 4 rings (SSSR count). The van der Waals surface area contributed by atoms with Crippen LogP contribution in [0.5, 0.6) is 0 Å². The first-order valence-corrected chi connectivity index (χ1v) is 12.0. The fraction of sp³-hybridized carbons (Fsp3) is 0.375. The molecule has 6 nitrogen and oxygen atoms in total. The predicted molar refractivity (Wildman–Crippen MR) is 125 cm³/mol. The van der Waals surface area contributed by atoms with Crippen molar-refractivity contribution in [3.05, 3.63) is 65.5 Å². The number of thioether (sulfide) groups is 1. The van der Waals surface area contributed by atoms with Crippen LogP contribution < -0.4 is 5.32 Å². The van der Waals surface area contributed by atoms with Crippen molar-refractivity contribution < 1.29 is 9.59 Å². The van der Waals surface area contributed by atoms with Gasteiger partial charge >= 0.3 is 0 Å². The van der Waals surface area contributed by atoms with Crippen molar-refractivity contribution in [3.63, 3.8) is 0 Å². The van der Waals surface area contributed by atoms with Crippen molar-refractivity contribution in [2.75, 3.05) is 12.0 Å². The molecular formula is C24H28N4O2S. The molecule has 1 aromatic heterocycles. The summed E-state index contributed by atoms with van der Waals surface area (Å²) in [5.74, 6) is 1.41. The number of carbonyl (C=O) groups is 2. The van der Waals surface area contributed by atoms with E-state index in [1.54, 1.807) is 16.7 Å². The van der Waals surface area contributed by atoms with E-state index in [1.165, 1.54) is 0 Å². The van der Waals surface area contributed by atoms with Crippen LogP contribution in [0.4, 0.5) is 0 Å². The first-order valence-electron chi connectivity index (χ1n) is 10.6. The monoisotopic (exact) mass is 436 g/mol. The molecule has 0 saturated carbocycles. The minimum absolute atomic E-state index is 0.0184. The van der Waals surface area contributed by atoms with Gasteiger partial charge in [-0.05, 0) is 48.1 Å². The van der Waals surface area contributed by atoms with Crippen molar-refractivity contribution in [1.82, 2.24) is 20.2 Å². The summed E-state index contributed by atoms with van der Waals surface area (Å²) in [6, 6.07) is 14.7. The molecule has 162 valence electrons. The Hall–Kier alpha value is -2.80. The van der Waals surface area contributed by atoms with E-state index in [0.29, 0.717) is 12.1 Å². The van der Waals surface area contributed by atoms with Crippen molar-refractivity contribution in [2.45, 2.75) is 38.9 Å². The molecule has 7 heteroatoms. The fourth-order valence-electron chi connectivity index (χ4n) is 4.21. The average Bonchev–Trinajstić information content (AvgIpc) is 3.33. The molecule has 0 radical (unpaired) electrons. The van der Waals surface area contributed by atoms with Crippen LogP contribution in [0.2, 0.25) is 0 Å². The molecule has 2 heterocycles. The van der Waals surface area contributed by atoms with E-state index in [0.717, 1.165) is 34.6 Å². The van der Waals surface area contributed by atoms with Crippen LogP contribution in [0.1, 0.15) is 48.1 Å². The number of imidazole rings is 1. The zero-order valence-electron chi connectivity index (χ0n) is 18.1. The van der Waals surface area contributed by atoms with Gasteiger partial charge in [0.2, 0.25) is 5.91 Å². The maximum Gasteiger partial charge on any atom is 0.255 e. The van der Waals surface area contributed by atoms with E-state index in [4.69, 9.17) is 4.98 Å². The van der Waals surface area contributed by atoms with Crippen LogP contribution in [0.25, 0.3) is 11.0 Å². The molecule has 31 heavy (non-hydrogen) atoms. The number of rotatable bonds is 8. The van der Waals surface area contributed by atoms with Gasteiger partial charge in [-0.25, -0.2) is 4.98 Å². The van der Waals surface area contributed by atoms with E-state index in [9.17, 15) is 9.59 Å². The number of hydrogen-bond acceptors (Lipinski definition) is 4. The molecule has 1 aliphatic heterocycles. The summed E-state index contributed by atoms with van der Waals surface area (Å²) < 4.78 is 0. The molecule has 1 aliphatic rings. The summed E-state index contributed by atoms with van der Waals surface area (Å²) in [6.45, 7) is 4.43. The zero-order chi connectivity index (χ0) is 22.0. The molecule has 2 atom stereocenters. The van der Waals surface area contributed by atoms with Crippen molar-refractivity contribution in [1.29, 1.82) is 0 Å². The number of aromatic amines is 1. The Morgan fingerprint density at radius 3 is 2.65 bits per heavy atom. The number of benzene rings is 2. The van der Waals surface area contributed by atoms with Gasteiger partial charge in [0.05, 0.1) is 17.1 Å². The van der Waals surface area contributed by atoms with Gasteiger partial charge in [-0.2, -0.15) is 11.8 Å². The largest absolute Gasteiger partial charge is 0.344 e. The molecule has 0 spiro atoms. The maximum absolute atomic E-state index is 13.5. The molecule has 0 fully saturated rings. The van der Waals surface area contributed by atoms with Crippen LogP contribution in [0.15, 0.2) is 48.5 Å². The van der Waals surface area contributed by atoms with Gasteiger partial charge < -0.3 is 15.2 Å². The molecule has 2 amide bonds. The molecular weight excluding hydrogens is 408 g/mol. The lowest BCUT2D eigenvalue weighted by molar-refractivity contribution is -0.128. The summed E-state index contributed by atoms with van der Waals surface area (Å²) in [5.41, 5.74) is 3.50. The highest BCUT2D eigenvalue weighted by atomic mass is 32.2. The molecule has 2 N–H and O–H groups in total. The Balaban J connectivity index is 1.58. The highest BCUT2D eigenvalue weighted by molar-refractivity contribution is 7.98. The second kappa shape index (κ2) is 9.14. The van der Waals surface area contributed by atoms with Crippen LogP contribution in [0.3, 0.4) is 0 Å². The van der Waals surface area contributed by atoms with E-state index >= 15 is 0 Å². The van der Waals surface area contributed by atoms with E-state index in [2.05, 4.69) is 16.6 Å². The lowest BCUT2D eigenvalue weighted by atomic mass is 10.0. The number of aromatic nitrogens is 2. The highest BCUT2D eigenvalue weighted by Crippen LogP contribution is 2.28. The Morgan fingerprint density at radius 2 is 1.94 bits per heavy atom. The fourth-order valence-corrected chi connectivity index (χ4v) is 4.68. The third-order valence-electron chi connectivity index (χ3n) is 5.75. The topological polar surface area (TPSA) is 78.1 Å². The maximum atomic E-state index is 13.5. The highest BCUT2D eigenvalue weighted by Gasteiger charge is 2.38. The third kappa shape index (κ3) is 4.32. The number of H-pyrrole nitrogens is 1. The van der Waals surface area contributed by atoms with Crippen molar-refractivity contribution >= 4 is 34.6 Å². The number of amides is 2. The molecule has 3 aromatic rings. The molecule has 0 bridgehead atoms. The number of nitrogens with zero attached hydrogens (tertiary/aromatic N) is 2. The SMILES string of the molecule is CSCC[C@H](NC(=O)[C@H](C(C)C)N1Cc2ccccc2C1=O)c1nc2ccccc2[nH]1. The van der Waals surface area contributed by atoms with Crippen LogP contribution in [0, 0.1) is 5.92 Å². The van der Waals surface area contributed by atoms with Gasteiger partial charge in [0.25, 0.3) is 5.91 Å². The lowest BCUT2D eigenvalue weighted by Crippen LogP contribution is -2.50. The molecule has 0 saturated heterocycles. The standard InChI is InChI=1S/C24H28N4O2S/c1-15(2)21(28-14-16-8-4-5-9-17(16)24(28)30)23(29)27-20(12-13-31-3)22-25-18-10-6-7-11-19(18)26-22/h4-11,15,20-21H,12-14H2,1-3H3,(H,25,26)(H,27,29)/t20-,21-/m0/s1. The second-order valence-corrected chi connectivity index (χ2v) is 9.25. The first-order chi connectivity index (χ1) is 15.0. The Labute approximate surface area is 186 Å². The van der Waals surface area contributed by atoms with Gasteiger partial charge in [-0.1, -0.05) is 44.2 Å². The summed E-state index contributed by atoms with van der Waals surface area (Å²) >= 11 is 1.73. The Bertz CT molecular complexity index is 1060. The van der Waals surface area contributed by atoms with Gasteiger partial charge in [0.15, 0.2) is 0 Å². The number of hydrogen-bond donors (Lipinski definition) is 2. The minimum atomic E-state index is -0.541. The lowest BCUT2D eigenvalue weighted by Gasteiger charge is -2.31. The Kier molecular flexibility index (Phi) is 6.32. The first kappa shape index (κ1) is 21.4. The van der Waals surface area contributed by atoms with Crippen molar-refractivity contribution in [2.24, 2.45) is 5.92 Å². The van der Waals surface area contributed by atoms with Gasteiger partial charge in [-0.3, -0.25) is 9.59 Å². The van der Waals surface area contributed by atoms with Gasteiger partial charge in [0.1, 0.15) is 11.9 Å². The van der Waals surface area contributed by atoms with Crippen LogP contribution in [-0.4, -0.2) is 44.7 Å². The van der Waals surface area contributed by atoms with Gasteiger partial charge in [0, 0.05) is 12.1 Å². The van der Waals surface area contributed by atoms with Gasteiger partial charge in [-0.15, -0.1) is 0 Å². The minimum Gasteiger partial charge on any atom is -0.344 e. The molecule has 2 aromatic carbocycles. The third-order valence-corrected chi connectivity index (χ3v) is 6.39. The summed E-state index contributed by atoms with van der Waals surface area (Å²) in [4.78, 5) is 36.3. The normalized spacial score (nSPS) is 15.4. The van der Waals surface area contributed by atoms with E-state index in [-0.39, 0.29) is 23.8 Å². The van der Waals surface area contributed by atoms with Crippen LogP contribution >= 0.6 is 11.8 Å². The smallest absolute Gasteiger partial charge is 0.255 e. The quantitative estimate of drug-likeness (QED) is 0.556. The van der Waals surface area contributed by atoms with Crippen molar-refractivity contribution in [3.8, 4) is 0 Å². The second-order valence-electron chi connectivity index (χ2n) is 8.26. The van der Waals surface area contributed by atoms with E-state index in [1.807, 2.05) is 62.4 Å². The zero-order valence-corrected chi connectivity index (χ0v) is 18.9. The summed E-state index contributed by atoms with van der Waals surface area (Å²) in [6.07, 6.45) is 2.81. The van der Waals surface area contributed by atoms with E-state index < -0.39 is 6.04 Å². The molecule has 0 aliphatic carbocycles. The molecule has 0 unspecified atom stereocenters. The summed E-state index contributed by atoms with van der Waals surface area (Å²) in [7, 11) is 0. The number of fused-ring (bicyclic) bond motifs is 2. The number of carbonyl (C=O) groups excluding carboxylic acids is 2. The Morgan fingerprint density at radius 1 is 1.19 bits per heavy atom. The number of nitrogens with one attached hydrogen (secondary N) is 2. The summed E-state index contributed by atoms with van der Waals surface area (Å²) in [5, 5.41) is 3.19. The average molecular weight is 437 g/mol. The van der Waals surface area contributed by atoms with Crippen LogP contribution in [-0.2, 0) is 11.3 Å². The number of para-hydroxylation sites is 2. The predicted octanol–water partition coefficient (Wildman–Crippen LogP) is 4.15.